The van der Waals surface area contributed by atoms with Crippen molar-refractivity contribution in [2.75, 3.05) is 18.1 Å². The fourth-order valence-electron chi connectivity index (χ4n) is 2.58. The number of nitrogens with zero attached hydrogens (tertiary/aromatic N) is 1. The van der Waals surface area contributed by atoms with E-state index in [1.807, 2.05) is 0 Å². The molecule has 1 saturated heterocycles. The van der Waals surface area contributed by atoms with E-state index in [2.05, 4.69) is 13.8 Å². The minimum absolute atomic E-state index is 0.0750. The molecule has 0 bridgehead atoms. The van der Waals surface area contributed by atoms with Crippen molar-refractivity contribution in [3.8, 4) is 0 Å². The van der Waals surface area contributed by atoms with Crippen LogP contribution in [0.4, 0.5) is 0 Å². The van der Waals surface area contributed by atoms with Crippen molar-refractivity contribution in [1.29, 1.82) is 0 Å². The molecule has 0 aliphatic carbocycles. The average molecular weight is 304 g/mol. The third kappa shape index (κ3) is 5.05. The Kier molecular flexibility index (Phi) is 6.95. The number of carbonyl (C=O) groups excluding carboxylic acids is 1. The van der Waals surface area contributed by atoms with Crippen LogP contribution in [-0.2, 0) is 14.6 Å². The summed E-state index contributed by atoms with van der Waals surface area (Å²) >= 11 is 0. The summed E-state index contributed by atoms with van der Waals surface area (Å²) < 4.78 is 23.2. The fourth-order valence-corrected chi connectivity index (χ4v) is 4.31. The predicted octanol–water partition coefficient (Wildman–Crippen LogP) is 1.32. The molecule has 6 heteroatoms. The monoisotopic (exact) mass is 304 g/mol. The maximum atomic E-state index is 12.5. The van der Waals surface area contributed by atoms with Crippen LogP contribution in [-0.4, -0.2) is 49.4 Å². The number of hydrogen-bond donors (Lipinski definition) is 1. The number of carbonyl (C=O) groups is 1. The normalized spacial score (nSPS) is 22.6. The summed E-state index contributed by atoms with van der Waals surface area (Å²) in [6.07, 6.45) is 5.04. The van der Waals surface area contributed by atoms with Gasteiger partial charge in [0.2, 0.25) is 5.91 Å². The largest absolute Gasteiger partial charge is 0.337 e. The first-order valence-electron chi connectivity index (χ1n) is 7.67. The molecule has 1 aliphatic rings. The van der Waals surface area contributed by atoms with Gasteiger partial charge in [-0.15, -0.1) is 0 Å². The zero-order chi connectivity index (χ0) is 15.2. The Morgan fingerprint density at radius 1 is 1.30 bits per heavy atom. The van der Waals surface area contributed by atoms with E-state index in [1.165, 1.54) is 0 Å². The van der Waals surface area contributed by atoms with Gasteiger partial charge in [-0.25, -0.2) is 8.42 Å². The van der Waals surface area contributed by atoms with Gasteiger partial charge in [-0.05, 0) is 19.3 Å². The minimum atomic E-state index is -2.98. The summed E-state index contributed by atoms with van der Waals surface area (Å²) in [5.41, 5.74) is 5.97. The molecule has 0 aromatic heterocycles. The molecule has 0 aromatic carbocycles. The van der Waals surface area contributed by atoms with Gasteiger partial charge in [0.15, 0.2) is 9.84 Å². The molecule has 20 heavy (non-hydrogen) atoms. The molecule has 0 radical (unpaired) electrons. The van der Waals surface area contributed by atoms with Gasteiger partial charge in [-0.3, -0.25) is 4.79 Å². The van der Waals surface area contributed by atoms with Gasteiger partial charge in [0.25, 0.3) is 0 Å². The first-order valence-corrected chi connectivity index (χ1v) is 9.50. The maximum absolute atomic E-state index is 12.5. The predicted molar refractivity (Wildman–Crippen MR) is 81.2 cm³/mol. The van der Waals surface area contributed by atoms with E-state index in [1.54, 1.807) is 4.90 Å². The van der Waals surface area contributed by atoms with Crippen LogP contribution < -0.4 is 5.73 Å². The van der Waals surface area contributed by atoms with E-state index in [-0.39, 0.29) is 23.5 Å². The van der Waals surface area contributed by atoms with Crippen molar-refractivity contribution in [2.24, 2.45) is 5.73 Å². The highest BCUT2D eigenvalue weighted by Crippen LogP contribution is 2.19. The van der Waals surface area contributed by atoms with Crippen LogP contribution >= 0.6 is 0 Å². The molecular formula is C14H28N2O3S. The summed E-state index contributed by atoms with van der Waals surface area (Å²) in [6.45, 7) is 4.75. The average Bonchev–Trinajstić information content (AvgIpc) is 2.76. The number of amides is 1. The molecule has 1 fully saturated rings. The highest BCUT2D eigenvalue weighted by atomic mass is 32.2. The molecular weight excluding hydrogens is 276 g/mol. The summed E-state index contributed by atoms with van der Waals surface area (Å²) in [5, 5.41) is 0. The molecule has 118 valence electrons. The number of unbranched alkanes of at least 4 members (excludes halogenated alkanes) is 2. The lowest BCUT2D eigenvalue weighted by Crippen LogP contribution is -2.49. The van der Waals surface area contributed by atoms with Crippen molar-refractivity contribution in [3.63, 3.8) is 0 Å². The SMILES string of the molecule is CCCCC(N)C(=O)N(CCCC)C1CCS(=O)(=O)C1. The highest BCUT2D eigenvalue weighted by Gasteiger charge is 2.35. The smallest absolute Gasteiger partial charge is 0.239 e. The third-order valence-electron chi connectivity index (χ3n) is 3.87. The Hall–Kier alpha value is -0.620. The van der Waals surface area contributed by atoms with E-state index in [0.29, 0.717) is 19.4 Å². The van der Waals surface area contributed by atoms with E-state index in [4.69, 9.17) is 5.73 Å². The Bertz CT molecular complexity index is 409. The molecule has 1 heterocycles. The summed E-state index contributed by atoms with van der Waals surface area (Å²) in [7, 11) is -2.98. The quantitative estimate of drug-likeness (QED) is 0.733. The summed E-state index contributed by atoms with van der Waals surface area (Å²) in [4.78, 5) is 14.2. The van der Waals surface area contributed by atoms with Crippen molar-refractivity contribution in [3.05, 3.63) is 0 Å². The van der Waals surface area contributed by atoms with Crippen LogP contribution in [0.3, 0.4) is 0 Å². The molecule has 2 atom stereocenters. The first-order chi connectivity index (χ1) is 9.41. The fraction of sp³-hybridized carbons (Fsp3) is 0.929. The molecule has 1 amide bonds. The topological polar surface area (TPSA) is 80.5 Å². The van der Waals surface area contributed by atoms with Gasteiger partial charge in [-0.2, -0.15) is 0 Å². The molecule has 1 aliphatic heterocycles. The van der Waals surface area contributed by atoms with Gasteiger partial charge >= 0.3 is 0 Å². The van der Waals surface area contributed by atoms with E-state index >= 15 is 0 Å². The Morgan fingerprint density at radius 2 is 1.95 bits per heavy atom. The van der Waals surface area contributed by atoms with E-state index in [9.17, 15) is 13.2 Å². The second kappa shape index (κ2) is 7.98. The Morgan fingerprint density at radius 3 is 2.45 bits per heavy atom. The first kappa shape index (κ1) is 17.4. The lowest BCUT2D eigenvalue weighted by Gasteiger charge is -2.30. The van der Waals surface area contributed by atoms with Crippen molar-refractivity contribution >= 4 is 15.7 Å². The molecule has 5 nitrogen and oxygen atoms in total. The molecule has 0 aromatic rings. The second-order valence-corrected chi connectivity index (χ2v) is 7.92. The Balaban J connectivity index is 2.70. The highest BCUT2D eigenvalue weighted by molar-refractivity contribution is 7.91. The van der Waals surface area contributed by atoms with E-state index in [0.717, 1.165) is 25.7 Å². The molecule has 0 spiro atoms. The maximum Gasteiger partial charge on any atom is 0.239 e. The van der Waals surface area contributed by atoms with Crippen LogP contribution in [0.25, 0.3) is 0 Å². The molecule has 1 rings (SSSR count). The van der Waals surface area contributed by atoms with E-state index < -0.39 is 15.9 Å². The summed E-state index contributed by atoms with van der Waals surface area (Å²) in [5.74, 6) is 0.217. The van der Waals surface area contributed by atoms with Crippen molar-refractivity contribution < 1.29 is 13.2 Å². The van der Waals surface area contributed by atoms with Crippen LogP contribution in [0.2, 0.25) is 0 Å². The van der Waals surface area contributed by atoms with Crippen LogP contribution in [0.1, 0.15) is 52.4 Å². The molecule has 0 saturated carbocycles. The van der Waals surface area contributed by atoms with Gasteiger partial charge in [0, 0.05) is 12.6 Å². The third-order valence-corrected chi connectivity index (χ3v) is 5.62. The van der Waals surface area contributed by atoms with Crippen LogP contribution in [0, 0.1) is 0 Å². The van der Waals surface area contributed by atoms with Gasteiger partial charge < -0.3 is 10.6 Å². The van der Waals surface area contributed by atoms with Crippen LogP contribution in [0.15, 0.2) is 0 Å². The zero-order valence-electron chi connectivity index (χ0n) is 12.7. The number of hydrogen-bond acceptors (Lipinski definition) is 4. The lowest BCUT2D eigenvalue weighted by atomic mass is 10.1. The van der Waals surface area contributed by atoms with Gasteiger partial charge in [0.05, 0.1) is 17.5 Å². The standard InChI is InChI=1S/C14H28N2O3S/c1-3-5-7-13(15)14(17)16(9-6-4-2)12-8-10-20(18,19)11-12/h12-13H,3-11,15H2,1-2H3. The second-order valence-electron chi connectivity index (χ2n) is 5.69. The molecule has 2 unspecified atom stereocenters. The zero-order valence-corrected chi connectivity index (χ0v) is 13.5. The van der Waals surface area contributed by atoms with Crippen molar-refractivity contribution in [1.82, 2.24) is 4.90 Å². The lowest BCUT2D eigenvalue weighted by molar-refractivity contribution is -0.134. The molecule has 2 N–H and O–H groups in total. The van der Waals surface area contributed by atoms with Gasteiger partial charge in [-0.1, -0.05) is 33.1 Å². The Labute approximate surface area is 122 Å². The minimum Gasteiger partial charge on any atom is -0.337 e. The van der Waals surface area contributed by atoms with Crippen LogP contribution in [0.5, 0.6) is 0 Å². The van der Waals surface area contributed by atoms with Crippen molar-refractivity contribution in [2.45, 2.75) is 64.5 Å². The number of rotatable bonds is 8. The number of sulfone groups is 1. The number of nitrogens with two attached hydrogens (primary N) is 1. The summed E-state index contributed by atoms with van der Waals surface area (Å²) in [6, 6.07) is -0.665. The van der Waals surface area contributed by atoms with Gasteiger partial charge in [0.1, 0.15) is 0 Å².